The van der Waals surface area contributed by atoms with E-state index in [1.165, 1.54) is 6.42 Å². The molecule has 0 aromatic carbocycles. The average molecular weight is 223 g/mol. The summed E-state index contributed by atoms with van der Waals surface area (Å²) in [5.41, 5.74) is 0. The Morgan fingerprint density at radius 2 is 1.79 bits per heavy atom. The van der Waals surface area contributed by atoms with Crippen LogP contribution < -0.4 is 0 Å². The molecule has 0 aromatic rings. The second-order valence-electron chi connectivity index (χ2n) is 3.49. The number of hydrogen-bond acceptors (Lipinski definition) is 2. The van der Waals surface area contributed by atoms with E-state index in [0.29, 0.717) is 5.38 Å². The first-order valence-corrected chi connectivity index (χ1v) is 5.95. The molecular formula is C11H23ClO2. The Kier molecular flexibility index (Phi) is 11.5. The number of rotatable bonds is 10. The SMILES string of the molecule is CCCC(Cl)CCCOCCCOC. The molecule has 0 heterocycles. The van der Waals surface area contributed by atoms with E-state index in [0.717, 1.165) is 45.5 Å². The van der Waals surface area contributed by atoms with E-state index in [1.54, 1.807) is 7.11 Å². The van der Waals surface area contributed by atoms with Crippen LogP contribution in [0, 0.1) is 0 Å². The Labute approximate surface area is 92.9 Å². The summed E-state index contributed by atoms with van der Waals surface area (Å²) in [4.78, 5) is 0. The predicted octanol–water partition coefficient (Wildman–Crippen LogP) is 3.23. The molecule has 1 atom stereocenters. The van der Waals surface area contributed by atoms with Gasteiger partial charge in [-0.05, 0) is 25.7 Å². The Balaban J connectivity index is 2.98. The third-order valence-corrected chi connectivity index (χ3v) is 2.48. The lowest BCUT2D eigenvalue weighted by atomic mass is 10.1. The molecule has 2 nitrogen and oxygen atoms in total. The third kappa shape index (κ3) is 10.3. The molecule has 0 aliphatic rings. The fourth-order valence-electron chi connectivity index (χ4n) is 1.27. The highest BCUT2D eigenvalue weighted by molar-refractivity contribution is 6.20. The van der Waals surface area contributed by atoms with Crippen molar-refractivity contribution in [3.05, 3.63) is 0 Å². The first-order chi connectivity index (χ1) is 6.81. The molecule has 0 amide bonds. The topological polar surface area (TPSA) is 18.5 Å². The molecule has 0 aliphatic heterocycles. The minimum atomic E-state index is 0.336. The molecule has 0 rings (SSSR count). The summed E-state index contributed by atoms with van der Waals surface area (Å²) in [6.07, 6.45) is 5.41. The normalized spacial score (nSPS) is 13.1. The van der Waals surface area contributed by atoms with Crippen LogP contribution in [-0.4, -0.2) is 32.3 Å². The van der Waals surface area contributed by atoms with Gasteiger partial charge in [0.25, 0.3) is 0 Å². The minimum Gasteiger partial charge on any atom is -0.385 e. The number of methoxy groups -OCH3 is 1. The zero-order valence-electron chi connectivity index (χ0n) is 9.43. The van der Waals surface area contributed by atoms with E-state index in [2.05, 4.69) is 6.92 Å². The van der Waals surface area contributed by atoms with E-state index in [4.69, 9.17) is 21.1 Å². The fraction of sp³-hybridized carbons (Fsp3) is 1.00. The first-order valence-electron chi connectivity index (χ1n) is 5.52. The van der Waals surface area contributed by atoms with Crippen LogP contribution >= 0.6 is 11.6 Å². The number of halogens is 1. The van der Waals surface area contributed by atoms with Crippen molar-refractivity contribution in [1.82, 2.24) is 0 Å². The van der Waals surface area contributed by atoms with Crippen LogP contribution in [0.3, 0.4) is 0 Å². The summed E-state index contributed by atoms with van der Waals surface area (Å²) in [7, 11) is 1.71. The van der Waals surface area contributed by atoms with Gasteiger partial charge in [0.05, 0.1) is 0 Å². The molecule has 0 aliphatic carbocycles. The summed E-state index contributed by atoms with van der Waals surface area (Å²) in [5.74, 6) is 0. The first kappa shape index (κ1) is 14.2. The summed E-state index contributed by atoms with van der Waals surface area (Å²) in [6.45, 7) is 4.58. The Morgan fingerprint density at radius 3 is 2.43 bits per heavy atom. The molecular weight excluding hydrogens is 200 g/mol. The van der Waals surface area contributed by atoms with Gasteiger partial charge in [0.15, 0.2) is 0 Å². The summed E-state index contributed by atoms with van der Waals surface area (Å²) >= 11 is 6.07. The second kappa shape index (κ2) is 11.3. The zero-order valence-corrected chi connectivity index (χ0v) is 10.2. The Morgan fingerprint density at radius 1 is 1.07 bits per heavy atom. The molecule has 3 heteroatoms. The molecule has 0 fully saturated rings. The van der Waals surface area contributed by atoms with Crippen molar-refractivity contribution in [2.75, 3.05) is 26.9 Å². The lowest BCUT2D eigenvalue weighted by Gasteiger charge is -2.07. The molecule has 0 N–H and O–H groups in total. The van der Waals surface area contributed by atoms with Crippen molar-refractivity contribution >= 4 is 11.6 Å². The maximum Gasteiger partial charge on any atom is 0.0487 e. The molecule has 86 valence electrons. The largest absolute Gasteiger partial charge is 0.385 e. The quantitative estimate of drug-likeness (QED) is 0.418. The van der Waals surface area contributed by atoms with Gasteiger partial charge in [0.2, 0.25) is 0 Å². The van der Waals surface area contributed by atoms with Crippen molar-refractivity contribution in [3.63, 3.8) is 0 Å². The van der Waals surface area contributed by atoms with Gasteiger partial charge in [-0.25, -0.2) is 0 Å². The molecule has 0 aromatic heterocycles. The minimum absolute atomic E-state index is 0.336. The van der Waals surface area contributed by atoms with Gasteiger partial charge < -0.3 is 9.47 Å². The van der Waals surface area contributed by atoms with Crippen LogP contribution in [0.1, 0.15) is 39.0 Å². The fourth-order valence-corrected chi connectivity index (χ4v) is 1.64. The van der Waals surface area contributed by atoms with Crippen molar-refractivity contribution in [2.45, 2.75) is 44.4 Å². The summed E-state index contributed by atoms with van der Waals surface area (Å²) in [6, 6.07) is 0. The van der Waals surface area contributed by atoms with Crippen molar-refractivity contribution in [1.29, 1.82) is 0 Å². The van der Waals surface area contributed by atoms with Crippen LogP contribution in [0.5, 0.6) is 0 Å². The molecule has 14 heavy (non-hydrogen) atoms. The van der Waals surface area contributed by atoms with Gasteiger partial charge >= 0.3 is 0 Å². The van der Waals surface area contributed by atoms with Crippen molar-refractivity contribution in [3.8, 4) is 0 Å². The van der Waals surface area contributed by atoms with Crippen LogP contribution in [0.2, 0.25) is 0 Å². The van der Waals surface area contributed by atoms with Crippen molar-refractivity contribution < 1.29 is 9.47 Å². The summed E-state index contributed by atoms with van der Waals surface area (Å²) in [5, 5.41) is 0.336. The Hall–Kier alpha value is 0.210. The molecule has 0 radical (unpaired) electrons. The van der Waals surface area contributed by atoms with E-state index >= 15 is 0 Å². The molecule has 0 saturated carbocycles. The predicted molar refractivity (Wildman–Crippen MR) is 61.1 cm³/mol. The number of ether oxygens (including phenoxy) is 2. The highest BCUT2D eigenvalue weighted by Gasteiger charge is 2.01. The molecule has 0 bridgehead atoms. The van der Waals surface area contributed by atoms with Crippen molar-refractivity contribution in [2.24, 2.45) is 0 Å². The number of alkyl halides is 1. The van der Waals surface area contributed by atoms with E-state index in [1.807, 2.05) is 0 Å². The maximum absolute atomic E-state index is 6.07. The van der Waals surface area contributed by atoms with Gasteiger partial charge in [-0.1, -0.05) is 13.3 Å². The second-order valence-corrected chi connectivity index (χ2v) is 4.10. The van der Waals surface area contributed by atoms with E-state index in [-0.39, 0.29) is 0 Å². The molecule has 0 saturated heterocycles. The molecule has 0 spiro atoms. The highest BCUT2D eigenvalue weighted by Crippen LogP contribution is 2.11. The van der Waals surface area contributed by atoms with Gasteiger partial charge in [0.1, 0.15) is 0 Å². The third-order valence-electron chi connectivity index (χ3n) is 2.05. The summed E-state index contributed by atoms with van der Waals surface area (Å²) < 4.78 is 10.3. The average Bonchev–Trinajstić information content (AvgIpc) is 2.17. The smallest absolute Gasteiger partial charge is 0.0487 e. The van der Waals surface area contributed by atoms with Gasteiger partial charge in [-0.15, -0.1) is 11.6 Å². The lowest BCUT2D eigenvalue weighted by molar-refractivity contribution is 0.100. The van der Waals surface area contributed by atoms with Gasteiger partial charge in [0, 0.05) is 32.3 Å². The van der Waals surface area contributed by atoms with Crippen LogP contribution in [0.25, 0.3) is 0 Å². The van der Waals surface area contributed by atoms with E-state index < -0.39 is 0 Å². The van der Waals surface area contributed by atoms with E-state index in [9.17, 15) is 0 Å². The van der Waals surface area contributed by atoms with Crippen LogP contribution in [0.15, 0.2) is 0 Å². The van der Waals surface area contributed by atoms with Gasteiger partial charge in [-0.3, -0.25) is 0 Å². The number of hydrogen-bond donors (Lipinski definition) is 0. The monoisotopic (exact) mass is 222 g/mol. The highest BCUT2D eigenvalue weighted by atomic mass is 35.5. The van der Waals surface area contributed by atoms with Gasteiger partial charge in [-0.2, -0.15) is 0 Å². The standard InChI is InChI=1S/C11H23ClO2/c1-3-6-11(12)7-4-9-14-10-5-8-13-2/h11H,3-10H2,1-2H3. The lowest BCUT2D eigenvalue weighted by Crippen LogP contribution is -2.04. The van der Waals surface area contributed by atoms with Crippen LogP contribution in [0.4, 0.5) is 0 Å². The van der Waals surface area contributed by atoms with Crippen LogP contribution in [-0.2, 0) is 9.47 Å². The molecule has 1 unspecified atom stereocenters. The zero-order chi connectivity index (χ0) is 10.6. The Bertz CT molecular complexity index is 109. The maximum atomic E-state index is 6.07.